The van der Waals surface area contributed by atoms with E-state index >= 15 is 0 Å². The van der Waals surface area contributed by atoms with Crippen LogP contribution in [0, 0.1) is 0 Å². The van der Waals surface area contributed by atoms with Crippen LogP contribution in [-0.2, 0) is 97.2 Å². The van der Waals surface area contributed by atoms with Gasteiger partial charge in [0, 0.05) is 66.9 Å². The molecule has 2 aliphatic heterocycles. The Labute approximate surface area is 331 Å². The van der Waals surface area contributed by atoms with Crippen LogP contribution in [-0.4, -0.2) is 121 Å². The van der Waals surface area contributed by atoms with Gasteiger partial charge in [-0.25, -0.2) is 0 Å². The molecular formula is C36H46O18S2. The van der Waals surface area contributed by atoms with Crippen LogP contribution < -0.4 is 0 Å². The van der Waals surface area contributed by atoms with E-state index in [0.717, 1.165) is 76.2 Å². The van der Waals surface area contributed by atoms with E-state index in [1.165, 1.54) is 13.8 Å². The molecule has 20 heteroatoms. The molecule has 3 rings (SSSR count). The van der Waals surface area contributed by atoms with E-state index in [1.807, 2.05) is 12.1 Å². The average Bonchev–Trinajstić information content (AvgIpc) is 3.08. The third-order valence-corrected chi connectivity index (χ3v) is 10.2. The molecule has 0 aliphatic carbocycles. The fourth-order valence-corrected chi connectivity index (χ4v) is 8.32. The van der Waals surface area contributed by atoms with E-state index in [-0.39, 0.29) is 24.7 Å². The second-order valence-corrected chi connectivity index (χ2v) is 14.7. The Morgan fingerprint density at radius 1 is 0.446 bits per heavy atom. The summed E-state index contributed by atoms with van der Waals surface area (Å²) in [7, 11) is 0. The lowest BCUT2D eigenvalue weighted by Crippen LogP contribution is -2.61. The molecule has 2 heterocycles. The highest BCUT2D eigenvalue weighted by molar-refractivity contribution is 7.99. The summed E-state index contributed by atoms with van der Waals surface area (Å²) in [6, 6.07) is 7.21. The number of thioether (sulfide) groups is 2. The Kier molecular flexibility index (Phi) is 17.9. The zero-order valence-corrected chi connectivity index (χ0v) is 33.7. The van der Waals surface area contributed by atoms with Crippen molar-refractivity contribution in [2.24, 2.45) is 0 Å². The molecule has 1 aromatic carbocycles. The lowest BCUT2D eigenvalue weighted by Gasteiger charge is -2.44. The summed E-state index contributed by atoms with van der Waals surface area (Å²) in [6.45, 7) is 8.43. The molecule has 18 nitrogen and oxygen atoms in total. The summed E-state index contributed by atoms with van der Waals surface area (Å²) >= 11 is 2.32. The van der Waals surface area contributed by atoms with Crippen molar-refractivity contribution in [1.29, 1.82) is 0 Å². The number of ether oxygens (including phenoxy) is 10. The molecule has 0 unspecified atom stereocenters. The van der Waals surface area contributed by atoms with Crippen LogP contribution in [0.15, 0.2) is 24.3 Å². The van der Waals surface area contributed by atoms with Gasteiger partial charge in [0.2, 0.25) is 0 Å². The van der Waals surface area contributed by atoms with Gasteiger partial charge >= 0.3 is 47.8 Å². The Balaban J connectivity index is 1.94. The topological polar surface area (TPSA) is 229 Å². The maximum Gasteiger partial charge on any atom is 0.303 e. The number of esters is 8. The summed E-state index contributed by atoms with van der Waals surface area (Å²) in [5, 5.41) is 0. The van der Waals surface area contributed by atoms with Gasteiger partial charge in [0.05, 0.1) is 0 Å². The fraction of sp³-hybridized carbons (Fsp3) is 0.611. The maximum atomic E-state index is 12.3. The van der Waals surface area contributed by atoms with Crippen molar-refractivity contribution in [3.63, 3.8) is 0 Å². The van der Waals surface area contributed by atoms with Crippen molar-refractivity contribution in [2.45, 2.75) is 127 Å². The van der Waals surface area contributed by atoms with E-state index in [0.29, 0.717) is 0 Å². The van der Waals surface area contributed by atoms with Gasteiger partial charge in [0.25, 0.3) is 0 Å². The first-order chi connectivity index (χ1) is 26.4. The Bertz CT molecular complexity index is 1490. The lowest BCUT2D eigenvalue weighted by molar-refractivity contribution is -0.237. The molecule has 0 spiro atoms. The molecule has 0 N–H and O–H groups in total. The number of rotatable bonds is 16. The van der Waals surface area contributed by atoms with E-state index in [1.54, 1.807) is 12.1 Å². The highest BCUT2D eigenvalue weighted by Crippen LogP contribution is 2.39. The van der Waals surface area contributed by atoms with Gasteiger partial charge in [-0.05, 0) is 11.1 Å². The molecular weight excluding hydrogens is 785 g/mol. The van der Waals surface area contributed by atoms with Crippen LogP contribution in [0.5, 0.6) is 0 Å². The zero-order chi connectivity index (χ0) is 41.7. The minimum absolute atomic E-state index is 0.211. The number of benzene rings is 1. The molecule has 10 atom stereocenters. The number of carbonyl (C=O) groups excluding carboxylic acids is 8. The Morgan fingerprint density at radius 2 is 0.732 bits per heavy atom. The van der Waals surface area contributed by atoms with Gasteiger partial charge in [-0.1, -0.05) is 24.3 Å². The number of hydrogen-bond donors (Lipinski definition) is 0. The summed E-state index contributed by atoms with van der Waals surface area (Å²) in [6.07, 6.45) is -10.0. The third-order valence-electron chi connectivity index (χ3n) is 7.82. The number of carbonyl (C=O) groups is 8. The maximum absolute atomic E-state index is 12.3. The molecule has 0 aromatic heterocycles. The van der Waals surface area contributed by atoms with Gasteiger partial charge in [0.1, 0.15) is 36.3 Å². The van der Waals surface area contributed by atoms with Crippen LogP contribution in [0.1, 0.15) is 66.5 Å². The first-order valence-corrected chi connectivity index (χ1v) is 19.4. The van der Waals surface area contributed by atoms with Crippen molar-refractivity contribution in [3.8, 4) is 0 Å². The Hall–Kier alpha value is -4.40. The van der Waals surface area contributed by atoms with E-state index < -0.39 is 107 Å². The van der Waals surface area contributed by atoms with Crippen LogP contribution in [0.4, 0.5) is 0 Å². The van der Waals surface area contributed by atoms with Crippen LogP contribution >= 0.6 is 23.5 Å². The molecule has 0 saturated carbocycles. The van der Waals surface area contributed by atoms with Gasteiger partial charge in [0.15, 0.2) is 36.6 Å². The lowest BCUT2D eigenvalue weighted by atomic mass is 9.99. The molecule has 56 heavy (non-hydrogen) atoms. The summed E-state index contributed by atoms with van der Waals surface area (Å²) in [5.41, 5.74) is -0.556. The largest absolute Gasteiger partial charge is 0.463 e. The predicted octanol–water partition coefficient (Wildman–Crippen LogP) is 2.32. The first kappa shape index (κ1) is 46.0. The molecule has 0 bridgehead atoms. The van der Waals surface area contributed by atoms with Crippen LogP contribution in [0.2, 0.25) is 0 Å². The normalized spacial score (nSPS) is 27.1. The van der Waals surface area contributed by atoms with Gasteiger partial charge in [-0.15, -0.1) is 23.5 Å². The van der Waals surface area contributed by atoms with Gasteiger partial charge < -0.3 is 47.4 Å². The highest BCUT2D eigenvalue weighted by atomic mass is 32.2. The fourth-order valence-electron chi connectivity index (χ4n) is 5.83. The van der Waals surface area contributed by atoms with Gasteiger partial charge in [-0.3, -0.25) is 38.4 Å². The van der Waals surface area contributed by atoms with Crippen molar-refractivity contribution in [3.05, 3.63) is 35.4 Å². The predicted molar refractivity (Wildman–Crippen MR) is 193 cm³/mol. The second kappa shape index (κ2) is 21.8. The molecule has 1 aromatic rings. The van der Waals surface area contributed by atoms with Crippen LogP contribution in [0.3, 0.4) is 0 Å². The molecule has 2 saturated heterocycles. The van der Waals surface area contributed by atoms with Crippen molar-refractivity contribution >= 4 is 71.3 Å². The molecule has 0 amide bonds. The van der Waals surface area contributed by atoms with Crippen LogP contribution in [0.25, 0.3) is 0 Å². The van der Waals surface area contributed by atoms with Crippen molar-refractivity contribution in [1.82, 2.24) is 0 Å². The van der Waals surface area contributed by atoms with E-state index in [9.17, 15) is 38.4 Å². The molecule has 2 aliphatic rings. The zero-order valence-electron chi connectivity index (χ0n) is 32.1. The quantitative estimate of drug-likeness (QED) is 0.172. The minimum Gasteiger partial charge on any atom is -0.463 e. The Morgan fingerprint density at radius 3 is 1.02 bits per heavy atom. The smallest absolute Gasteiger partial charge is 0.303 e. The van der Waals surface area contributed by atoms with Crippen molar-refractivity contribution in [2.75, 3.05) is 13.2 Å². The highest BCUT2D eigenvalue weighted by Gasteiger charge is 2.53. The van der Waals surface area contributed by atoms with Gasteiger partial charge in [-0.2, -0.15) is 0 Å². The summed E-state index contributed by atoms with van der Waals surface area (Å²) < 4.78 is 55.9. The molecule has 2 fully saturated rings. The second-order valence-electron chi connectivity index (χ2n) is 12.5. The van der Waals surface area contributed by atoms with E-state index in [2.05, 4.69) is 0 Å². The standard InChI is InChI=1S/C36H46O18S2/c1-17(37)45-13-27-29(47-19(3)39)31(49-21(5)41)33(51-23(7)43)35(53-27)55-15-25-11-9-10-12-26(25)16-56-36-34(52-24(8)44)32(50-22(6)42)30(48-20(4)40)28(54-36)14-46-18(2)38/h9-12,27-36H,13-16H2,1-8H3/t27-,28-,29-,30-,31+,32+,33-,34-,35+,36+/m1/s1. The average molecular weight is 831 g/mol. The number of hydrogen-bond acceptors (Lipinski definition) is 20. The summed E-state index contributed by atoms with van der Waals surface area (Å²) in [4.78, 5) is 96.7. The summed E-state index contributed by atoms with van der Waals surface area (Å²) in [5.74, 6) is -5.35. The SMILES string of the molecule is CC(=O)OC[C@H]1O[C@@H](SCc2ccccc2CS[C@@H]2O[C@H](COC(C)=O)[C@@H](OC(C)=O)[C@H](OC(C)=O)[C@H]2OC(C)=O)[C@H](OC(C)=O)[C@@H](OC(C)=O)[C@@H]1OC(C)=O. The monoisotopic (exact) mass is 830 g/mol. The first-order valence-electron chi connectivity index (χ1n) is 17.3. The van der Waals surface area contributed by atoms with Crippen molar-refractivity contribution < 1.29 is 85.7 Å². The third kappa shape index (κ3) is 14.3. The minimum atomic E-state index is -1.33. The molecule has 0 radical (unpaired) electrons. The van der Waals surface area contributed by atoms with E-state index in [4.69, 9.17) is 47.4 Å². The molecule has 310 valence electrons.